The van der Waals surface area contributed by atoms with Gasteiger partial charge in [0, 0.05) is 19.7 Å². The molecule has 1 aliphatic heterocycles. The molecule has 1 saturated heterocycles. The van der Waals surface area contributed by atoms with Gasteiger partial charge in [0.05, 0.1) is 18.5 Å². The number of nitrogen functional groups attached to an aromatic ring is 1. The summed E-state index contributed by atoms with van der Waals surface area (Å²) in [5.74, 6) is 5.18. The molecule has 17 heavy (non-hydrogen) atoms. The topological polar surface area (TPSA) is 80.5 Å². The SMILES string of the molecule is NNc1ccc(C(=O)N2CCCOCC2)nc1. The van der Waals surface area contributed by atoms with Crippen molar-refractivity contribution in [1.29, 1.82) is 0 Å². The number of pyridine rings is 1. The minimum atomic E-state index is -0.0564. The molecule has 1 aromatic heterocycles. The Labute approximate surface area is 99.7 Å². The molecular weight excluding hydrogens is 220 g/mol. The molecule has 0 spiro atoms. The fourth-order valence-electron chi connectivity index (χ4n) is 1.72. The lowest BCUT2D eigenvalue weighted by atomic mass is 10.3. The van der Waals surface area contributed by atoms with Crippen LogP contribution in [0, 0.1) is 0 Å². The molecule has 1 amide bonds. The molecule has 6 heteroatoms. The van der Waals surface area contributed by atoms with Crippen molar-refractivity contribution >= 4 is 11.6 Å². The minimum absolute atomic E-state index is 0.0564. The van der Waals surface area contributed by atoms with E-state index in [0.717, 1.165) is 13.0 Å². The van der Waals surface area contributed by atoms with Crippen LogP contribution in [0.1, 0.15) is 16.9 Å². The predicted molar refractivity (Wildman–Crippen MR) is 63.4 cm³/mol. The van der Waals surface area contributed by atoms with Crippen molar-refractivity contribution in [3.63, 3.8) is 0 Å². The van der Waals surface area contributed by atoms with Crippen molar-refractivity contribution < 1.29 is 9.53 Å². The van der Waals surface area contributed by atoms with E-state index in [4.69, 9.17) is 10.6 Å². The molecular formula is C11H16N4O2. The van der Waals surface area contributed by atoms with Gasteiger partial charge in [-0.05, 0) is 18.6 Å². The first-order valence-corrected chi connectivity index (χ1v) is 5.61. The van der Waals surface area contributed by atoms with Gasteiger partial charge in [0.1, 0.15) is 5.69 Å². The van der Waals surface area contributed by atoms with Crippen LogP contribution in [-0.4, -0.2) is 42.1 Å². The summed E-state index contributed by atoms with van der Waals surface area (Å²) in [6.07, 6.45) is 2.41. The average molecular weight is 236 g/mol. The molecule has 2 heterocycles. The van der Waals surface area contributed by atoms with Crippen molar-refractivity contribution in [3.05, 3.63) is 24.0 Å². The van der Waals surface area contributed by atoms with E-state index in [1.165, 1.54) is 0 Å². The lowest BCUT2D eigenvalue weighted by Crippen LogP contribution is -2.33. The van der Waals surface area contributed by atoms with Gasteiger partial charge in [-0.2, -0.15) is 0 Å². The molecule has 0 aromatic carbocycles. The second kappa shape index (κ2) is 5.60. The van der Waals surface area contributed by atoms with E-state index in [-0.39, 0.29) is 5.91 Å². The van der Waals surface area contributed by atoms with Gasteiger partial charge >= 0.3 is 0 Å². The van der Waals surface area contributed by atoms with Crippen LogP contribution in [0.4, 0.5) is 5.69 Å². The van der Waals surface area contributed by atoms with Crippen molar-refractivity contribution in [3.8, 4) is 0 Å². The average Bonchev–Trinajstić information content (AvgIpc) is 2.67. The fraction of sp³-hybridized carbons (Fsp3) is 0.455. The lowest BCUT2D eigenvalue weighted by Gasteiger charge is -2.18. The summed E-state index contributed by atoms with van der Waals surface area (Å²) in [4.78, 5) is 18.0. The zero-order valence-electron chi connectivity index (χ0n) is 9.56. The number of hydrogen-bond acceptors (Lipinski definition) is 5. The minimum Gasteiger partial charge on any atom is -0.380 e. The molecule has 1 aromatic rings. The smallest absolute Gasteiger partial charge is 0.272 e. The van der Waals surface area contributed by atoms with Crippen molar-refractivity contribution in [2.75, 3.05) is 31.7 Å². The standard InChI is InChI=1S/C11H16N4O2/c12-14-9-2-3-10(13-8-9)11(16)15-4-1-6-17-7-5-15/h2-3,8,14H,1,4-7,12H2. The maximum Gasteiger partial charge on any atom is 0.272 e. The summed E-state index contributed by atoms with van der Waals surface area (Å²) in [5.41, 5.74) is 3.59. The van der Waals surface area contributed by atoms with Crippen molar-refractivity contribution in [2.45, 2.75) is 6.42 Å². The van der Waals surface area contributed by atoms with E-state index < -0.39 is 0 Å². The van der Waals surface area contributed by atoms with E-state index in [1.54, 1.807) is 23.2 Å². The number of ether oxygens (including phenoxy) is 1. The van der Waals surface area contributed by atoms with E-state index >= 15 is 0 Å². The van der Waals surface area contributed by atoms with Crippen LogP contribution >= 0.6 is 0 Å². The number of nitrogens with two attached hydrogens (primary N) is 1. The first-order chi connectivity index (χ1) is 8.31. The molecule has 1 fully saturated rings. The Bertz CT molecular complexity index is 372. The molecule has 6 nitrogen and oxygen atoms in total. The summed E-state index contributed by atoms with van der Waals surface area (Å²) < 4.78 is 5.31. The maximum atomic E-state index is 12.1. The normalized spacial score (nSPS) is 16.4. The Morgan fingerprint density at radius 1 is 1.41 bits per heavy atom. The summed E-state index contributed by atoms with van der Waals surface area (Å²) in [6.45, 7) is 2.65. The third kappa shape index (κ3) is 2.92. The molecule has 0 radical (unpaired) electrons. The highest BCUT2D eigenvalue weighted by Gasteiger charge is 2.18. The van der Waals surface area contributed by atoms with E-state index in [0.29, 0.717) is 31.1 Å². The van der Waals surface area contributed by atoms with Crippen LogP contribution in [0.2, 0.25) is 0 Å². The highest BCUT2D eigenvalue weighted by Crippen LogP contribution is 2.08. The lowest BCUT2D eigenvalue weighted by molar-refractivity contribution is 0.0735. The summed E-state index contributed by atoms with van der Waals surface area (Å²) in [7, 11) is 0. The van der Waals surface area contributed by atoms with Crippen molar-refractivity contribution in [2.24, 2.45) is 5.84 Å². The predicted octanol–water partition coefficient (Wildman–Crippen LogP) is 0.230. The van der Waals surface area contributed by atoms with Gasteiger partial charge in [0.25, 0.3) is 5.91 Å². The van der Waals surface area contributed by atoms with E-state index in [9.17, 15) is 4.79 Å². The van der Waals surface area contributed by atoms with Gasteiger partial charge in [-0.25, -0.2) is 4.98 Å². The number of hydrogen-bond donors (Lipinski definition) is 2. The van der Waals surface area contributed by atoms with E-state index in [2.05, 4.69) is 10.4 Å². The number of carbonyl (C=O) groups is 1. The Hall–Kier alpha value is -1.66. The van der Waals surface area contributed by atoms with Gasteiger partial charge in [-0.1, -0.05) is 0 Å². The first-order valence-electron chi connectivity index (χ1n) is 5.61. The summed E-state index contributed by atoms with van der Waals surface area (Å²) in [6, 6.07) is 3.40. The number of aromatic nitrogens is 1. The molecule has 0 bridgehead atoms. The van der Waals surface area contributed by atoms with Gasteiger partial charge in [-0.15, -0.1) is 0 Å². The highest BCUT2D eigenvalue weighted by molar-refractivity contribution is 5.92. The number of amides is 1. The monoisotopic (exact) mass is 236 g/mol. The maximum absolute atomic E-state index is 12.1. The van der Waals surface area contributed by atoms with Crippen LogP contribution in [-0.2, 0) is 4.74 Å². The Balaban J connectivity index is 2.06. The third-order valence-electron chi connectivity index (χ3n) is 2.66. The molecule has 2 rings (SSSR count). The van der Waals surface area contributed by atoms with Gasteiger partial charge in [0.2, 0.25) is 0 Å². The fourth-order valence-corrected chi connectivity index (χ4v) is 1.72. The largest absolute Gasteiger partial charge is 0.380 e. The third-order valence-corrected chi connectivity index (χ3v) is 2.66. The Morgan fingerprint density at radius 3 is 3.00 bits per heavy atom. The van der Waals surface area contributed by atoms with Crippen LogP contribution in [0.15, 0.2) is 18.3 Å². The van der Waals surface area contributed by atoms with Crippen LogP contribution in [0.5, 0.6) is 0 Å². The zero-order valence-corrected chi connectivity index (χ0v) is 9.56. The summed E-state index contributed by atoms with van der Waals surface area (Å²) >= 11 is 0. The molecule has 0 unspecified atom stereocenters. The zero-order chi connectivity index (χ0) is 12.1. The van der Waals surface area contributed by atoms with Crippen LogP contribution in [0.3, 0.4) is 0 Å². The number of nitrogens with zero attached hydrogens (tertiary/aromatic N) is 2. The van der Waals surface area contributed by atoms with Crippen LogP contribution < -0.4 is 11.3 Å². The van der Waals surface area contributed by atoms with E-state index in [1.807, 2.05) is 0 Å². The summed E-state index contributed by atoms with van der Waals surface area (Å²) in [5, 5.41) is 0. The molecule has 0 atom stereocenters. The second-order valence-corrected chi connectivity index (χ2v) is 3.83. The molecule has 1 aliphatic rings. The Kier molecular flexibility index (Phi) is 3.89. The first kappa shape index (κ1) is 11.8. The number of carbonyl (C=O) groups excluding carboxylic acids is 1. The number of anilines is 1. The van der Waals surface area contributed by atoms with Gasteiger partial charge < -0.3 is 15.1 Å². The number of rotatable bonds is 2. The number of nitrogens with one attached hydrogen (secondary N) is 1. The van der Waals surface area contributed by atoms with Crippen molar-refractivity contribution in [1.82, 2.24) is 9.88 Å². The molecule has 92 valence electrons. The second-order valence-electron chi connectivity index (χ2n) is 3.83. The van der Waals surface area contributed by atoms with Crippen LogP contribution in [0.25, 0.3) is 0 Å². The number of hydrazine groups is 1. The van der Waals surface area contributed by atoms with Gasteiger partial charge in [-0.3, -0.25) is 10.6 Å². The molecule has 0 aliphatic carbocycles. The highest BCUT2D eigenvalue weighted by atomic mass is 16.5. The quantitative estimate of drug-likeness (QED) is 0.567. The molecule has 0 saturated carbocycles. The molecule has 3 N–H and O–H groups in total. The Morgan fingerprint density at radius 2 is 2.29 bits per heavy atom. The van der Waals surface area contributed by atoms with Gasteiger partial charge in [0.15, 0.2) is 0 Å².